The maximum atomic E-state index is 11.3. The third-order valence-corrected chi connectivity index (χ3v) is 6.81. The minimum atomic E-state index is -3.46. The summed E-state index contributed by atoms with van der Waals surface area (Å²) in [6.07, 6.45) is 6.40. The van der Waals surface area contributed by atoms with Gasteiger partial charge >= 0.3 is 0 Å². The molecule has 2 atom stereocenters. The molecule has 0 aromatic carbocycles. The molecular weight excluding hydrogens is 468 g/mol. The molecule has 2 unspecified atom stereocenters. The van der Waals surface area contributed by atoms with Crippen LogP contribution in [0.4, 0.5) is 11.6 Å². The number of nitrogens with zero attached hydrogens (tertiary/aromatic N) is 6. The van der Waals surface area contributed by atoms with Crippen LogP contribution in [0, 0.1) is 24.2 Å². The zero-order valence-corrected chi connectivity index (χ0v) is 19.9. The number of nitriles is 1. The van der Waals surface area contributed by atoms with Gasteiger partial charge in [0.2, 0.25) is 0 Å². The van der Waals surface area contributed by atoms with Gasteiger partial charge in [0.25, 0.3) is 10.1 Å². The Balaban J connectivity index is 1.43. The van der Waals surface area contributed by atoms with Crippen molar-refractivity contribution in [1.82, 2.24) is 24.4 Å². The van der Waals surface area contributed by atoms with E-state index in [9.17, 15) is 13.7 Å². The molecule has 1 saturated carbocycles. The number of hydrogen-bond acceptors (Lipinski definition) is 9. The van der Waals surface area contributed by atoms with Crippen LogP contribution in [0.25, 0.3) is 5.65 Å². The zero-order chi connectivity index (χ0) is 23.8. The second-order valence-electron chi connectivity index (χ2n) is 8.18. The van der Waals surface area contributed by atoms with E-state index < -0.39 is 10.1 Å². The molecule has 0 saturated heterocycles. The average Bonchev–Trinajstić information content (AvgIpc) is 3.47. The lowest BCUT2D eigenvalue weighted by molar-refractivity contribution is 0.215. The monoisotopic (exact) mass is 492 g/mol. The number of nitrogens with two attached hydrogens (primary N) is 1. The fourth-order valence-electron chi connectivity index (χ4n) is 4.16. The van der Waals surface area contributed by atoms with E-state index in [1.807, 2.05) is 16.9 Å². The van der Waals surface area contributed by atoms with E-state index in [2.05, 4.69) is 26.6 Å². The molecule has 176 valence electrons. The van der Waals surface area contributed by atoms with Gasteiger partial charge in [-0.05, 0) is 25.8 Å². The van der Waals surface area contributed by atoms with Crippen molar-refractivity contribution >= 4 is 39.0 Å². The zero-order valence-electron chi connectivity index (χ0n) is 18.3. The van der Waals surface area contributed by atoms with Crippen molar-refractivity contribution in [3.05, 3.63) is 34.2 Å². The number of anilines is 2. The van der Waals surface area contributed by atoms with Crippen molar-refractivity contribution in [2.24, 2.45) is 5.92 Å². The summed E-state index contributed by atoms with van der Waals surface area (Å²) in [5.74, 6) is 0.622. The highest BCUT2D eigenvalue weighted by molar-refractivity contribution is 7.85. The van der Waals surface area contributed by atoms with Gasteiger partial charge < -0.3 is 11.1 Å². The van der Waals surface area contributed by atoms with Gasteiger partial charge in [0.05, 0.1) is 30.3 Å². The average molecular weight is 493 g/mol. The van der Waals surface area contributed by atoms with Crippen LogP contribution in [0.5, 0.6) is 0 Å². The summed E-state index contributed by atoms with van der Waals surface area (Å²) in [5.41, 5.74) is 8.14. The highest BCUT2D eigenvalue weighted by atomic mass is 35.5. The molecule has 11 nitrogen and oxygen atoms in total. The second-order valence-corrected chi connectivity index (χ2v) is 10.2. The van der Waals surface area contributed by atoms with Crippen molar-refractivity contribution in [3.8, 4) is 6.07 Å². The van der Waals surface area contributed by atoms with E-state index in [1.165, 1.54) is 4.52 Å². The number of fused-ring (bicyclic) bond motifs is 1. The van der Waals surface area contributed by atoms with Crippen molar-refractivity contribution in [1.29, 1.82) is 5.26 Å². The highest BCUT2D eigenvalue weighted by Crippen LogP contribution is 2.36. The lowest BCUT2D eigenvalue weighted by Gasteiger charge is -2.19. The first-order valence-electron chi connectivity index (χ1n) is 10.5. The Bertz CT molecular complexity index is 1330. The van der Waals surface area contributed by atoms with Gasteiger partial charge in [-0.2, -0.15) is 28.4 Å². The van der Waals surface area contributed by atoms with E-state index in [0.717, 1.165) is 31.2 Å². The molecule has 33 heavy (non-hydrogen) atoms. The first-order chi connectivity index (χ1) is 15.7. The molecule has 4 rings (SSSR count). The Kier molecular flexibility index (Phi) is 6.47. The summed E-state index contributed by atoms with van der Waals surface area (Å²) in [7, 11) is -3.46. The fourth-order valence-corrected chi connectivity index (χ4v) is 4.75. The normalized spacial score (nSPS) is 18.6. The number of nitrogen functional groups attached to an aromatic ring is 1. The standard InChI is InChI=1S/C20H25ClN8O3S/c1-12-17(21)20-25-19(15(10-22)18(23)29(20)26-12)24-8-6-14-7-9-28(27-14)16-5-3-4-13(16)11-32-33(2,30)31/h7,9,13,16H,3-6,8,11,23H2,1-2H3,(H,24,25). The molecule has 0 amide bonds. The van der Waals surface area contributed by atoms with E-state index >= 15 is 0 Å². The predicted octanol–water partition coefficient (Wildman–Crippen LogP) is 2.31. The van der Waals surface area contributed by atoms with Crippen LogP contribution < -0.4 is 11.1 Å². The van der Waals surface area contributed by atoms with Gasteiger partial charge in [0.1, 0.15) is 28.3 Å². The van der Waals surface area contributed by atoms with Crippen LogP contribution in [0.3, 0.4) is 0 Å². The summed E-state index contributed by atoms with van der Waals surface area (Å²) in [5, 5.41) is 22.0. The van der Waals surface area contributed by atoms with Gasteiger partial charge in [0.15, 0.2) is 5.65 Å². The predicted molar refractivity (Wildman–Crippen MR) is 123 cm³/mol. The van der Waals surface area contributed by atoms with Crippen molar-refractivity contribution < 1.29 is 12.6 Å². The quantitative estimate of drug-likeness (QED) is 0.451. The van der Waals surface area contributed by atoms with Crippen LogP contribution in [0.15, 0.2) is 12.3 Å². The number of aromatic nitrogens is 5. The topological polar surface area (TPSA) is 153 Å². The molecule has 3 aromatic heterocycles. The van der Waals surface area contributed by atoms with E-state index in [1.54, 1.807) is 6.92 Å². The van der Waals surface area contributed by atoms with Gasteiger partial charge in [0, 0.05) is 25.1 Å². The van der Waals surface area contributed by atoms with Crippen LogP contribution >= 0.6 is 11.6 Å². The van der Waals surface area contributed by atoms with Crippen LogP contribution in [0.1, 0.15) is 42.3 Å². The lowest BCUT2D eigenvalue weighted by Crippen LogP contribution is -2.21. The van der Waals surface area contributed by atoms with Gasteiger partial charge in [-0.3, -0.25) is 8.86 Å². The van der Waals surface area contributed by atoms with Crippen molar-refractivity contribution in [3.63, 3.8) is 0 Å². The van der Waals surface area contributed by atoms with Gasteiger partial charge in [-0.25, -0.2) is 4.98 Å². The summed E-state index contributed by atoms with van der Waals surface area (Å²) in [4.78, 5) is 4.44. The smallest absolute Gasteiger partial charge is 0.264 e. The number of aryl methyl sites for hydroxylation is 1. The molecule has 1 aliphatic carbocycles. The van der Waals surface area contributed by atoms with E-state index in [4.69, 9.17) is 21.5 Å². The minimum absolute atomic E-state index is 0.103. The Morgan fingerprint density at radius 3 is 2.91 bits per heavy atom. The summed E-state index contributed by atoms with van der Waals surface area (Å²) < 4.78 is 31.0. The second kappa shape index (κ2) is 9.17. The third kappa shape index (κ3) is 4.90. The number of rotatable bonds is 8. The molecule has 1 aliphatic rings. The maximum Gasteiger partial charge on any atom is 0.264 e. The van der Waals surface area contributed by atoms with Crippen molar-refractivity contribution in [2.45, 2.75) is 38.6 Å². The third-order valence-electron chi connectivity index (χ3n) is 5.81. The van der Waals surface area contributed by atoms with Crippen LogP contribution in [-0.2, 0) is 20.7 Å². The van der Waals surface area contributed by atoms with Crippen molar-refractivity contribution in [2.75, 3.05) is 30.5 Å². The minimum Gasteiger partial charge on any atom is -0.382 e. The molecule has 3 aromatic rings. The molecule has 0 spiro atoms. The highest BCUT2D eigenvalue weighted by Gasteiger charge is 2.30. The van der Waals surface area contributed by atoms with Gasteiger partial charge in [-0.1, -0.05) is 18.0 Å². The molecule has 13 heteroatoms. The fraction of sp³-hybridized carbons (Fsp3) is 0.500. The Hall–Kier alpha value is -2.88. The van der Waals surface area contributed by atoms with E-state index in [0.29, 0.717) is 35.1 Å². The Labute approximate surface area is 196 Å². The Morgan fingerprint density at radius 2 is 2.18 bits per heavy atom. The molecule has 3 heterocycles. The molecular formula is C20H25ClN8O3S. The van der Waals surface area contributed by atoms with Crippen LogP contribution in [-0.4, -0.2) is 52.2 Å². The number of halogens is 1. The lowest BCUT2D eigenvalue weighted by atomic mass is 10.1. The number of nitrogens with one attached hydrogen (secondary N) is 1. The first kappa shape index (κ1) is 23.3. The summed E-state index contributed by atoms with van der Waals surface area (Å²) >= 11 is 6.27. The maximum absolute atomic E-state index is 11.3. The molecule has 3 N–H and O–H groups in total. The van der Waals surface area contributed by atoms with Crippen LogP contribution in [0.2, 0.25) is 5.02 Å². The Morgan fingerprint density at radius 1 is 1.39 bits per heavy atom. The largest absolute Gasteiger partial charge is 0.382 e. The van der Waals surface area contributed by atoms with Gasteiger partial charge in [-0.15, -0.1) is 0 Å². The molecule has 0 aliphatic heterocycles. The molecule has 0 bridgehead atoms. The number of hydrogen-bond donors (Lipinski definition) is 2. The first-order valence-corrected chi connectivity index (χ1v) is 12.7. The summed E-state index contributed by atoms with van der Waals surface area (Å²) in [6.45, 7) is 2.39. The summed E-state index contributed by atoms with van der Waals surface area (Å²) in [6, 6.07) is 4.11. The van der Waals surface area contributed by atoms with E-state index in [-0.39, 0.29) is 29.9 Å². The molecule has 1 fully saturated rings. The SMILES string of the molecule is Cc1nn2c(N)c(C#N)c(NCCc3ccn(C4CCCC4COS(C)(=O)=O)n3)nc2c1Cl. The molecule has 0 radical (unpaired) electrons.